The van der Waals surface area contributed by atoms with Crippen LogP contribution in [-0.4, -0.2) is 30.3 Å². The minimum atomic E-state index is 1.07. The summed E-state index contributed by atoms with van der Waals surface area (Å²) in [6.07, 6.45) is 6.82. The molecule has 0 bridgehead atoms. The van der Waals surface area contributed by atoms with E-state index in [4.69, 9.17) is 6.26 Å². The lowest BCUT2D eigenvalue weighted by molar-refractivity contribution is 0.324. The third-order valence-corrected chi connectivity index (χ3v) is 2.76. The fraction of sp³-hybridized carbons (Fsp3) is 0.857. The molecule has 0 fully saturated rings. The van der Waals surface area contributed by atoms with Gasteiger partial charge in [-0.3, -0.25) is 0 Å². The summed E-state index contributed by atoms with van der Waals surface area (Å²) in [5, 5.41) is 0. The van der Waals surface area contributed by atoms with Crippen LogP contribution in [0.3, 0.4) is 0 Å². The Bertz CT molecular complexity index is 64.6. The maximum Gasteiger partial charge on any atom is 0.0817 e. The van der Waals surface area contributed by atoms with E-state index in [0.29, 0.717) is 0 Å². The fourth-order valence-electron chi connectivity index (χ4n) is 0.748. The van der Waals surface area contributed by atoms with Crippen LogP contribution in [-0.2, 0) is 0 Å². The van der Waals surface area contributed by atoms with Gasteiger partial charge in [0.15, 0.2) is 0 Å². The summed E-state index contributed by atoms with van der Waals surface area (Å²) < 4.78 is 0. The highest BCUT2D eigenvalue weighted by molar-refractivity contribution is 8.77. The molecule has 0 heterocycles. The molecular formula is C7H14NS2. The van der Waals surface area contributed by atoms with E-state index in [2.05, 4.69) is 18.7 Å². The Morgan fingerprint density at radius 1 is 1.30 bits per heavy atom. The van der Waals surface area contributed by atoms with Gasteiger partial charge in [-0.15, -0.1) is 0 Å². The van der Waals surface area contributed by atoms with Gasteiger partial charge in [-0.25, -0.2) is 0 Å². The summed E-state index contributed by atoms with van der Waals surface area (Å²) in [7, 11) is 2.71. The highest BCUT2D eigenvalue weighted by Crippen LogP contribution is 2.17. The molecule has 0 saturated heterocycles. The van der Waals surface area contributed by atoms with E-state index in [9.17, 15) is 0 Å². The third kappa shape index (κ3) is 5.45. The molecule has 0 aromatic rings. The second kappa shape index (κ2) is 7.76. The van der Waals surface area contributed by atoms with Gasteiger partial charge in [0.2, 0.25) is 0 Å². The zero-order valence-electron chi connectivity index (χ0n) is 6.59. The topological polar surface area (TPSA) is 3.24 Å². The van der Waals surface area contributed by atoms with Crippen LogP contribution >= 0.6 is 21.6 Å². The largest absolute Gasteiger partial charge is 0.303 e. The first-order valence-electron chi connectivity index (χ1n) is 3.52. The molecule has 0 amide bonds. The SMILES string of the molecule is [C]SSCCN(CC)CC. The maximum absolute atomic E-state index is 6.82. The van der Waals surface area contributed by atoms with Crippen molar-refractivity contribution in [1.82, 2.24) is 4.90 Å². The van der Waals surface area contributed by atoms with Crippen LogP contribution in [0.5, 0.6) is 0 Å². The van der Waals surface area contributed by atoms with Crippen molar-refractivity contribution in [3.63, 3.8) is 0 Å². The molecule has 0 aliphatic heterocycles. The van der Waals surface area contributed by atoms with Crippen LogP contribution in [0.2, 0.25) is 0 Å². The molecular weight excluding hydrogens is 162 g/mol. The van der Waals surface area contributed by atoms with Crippen LogP contribution in [0.4, 0.5) is 0 Å². The van der Waals surface area contributed by atoms with E-state index in [0.717, 1.165) is 36.2 Å². The Labute approximate surface area is 72.3 Å². The van der Waals surface area contributed by atoms with Gasteiger partial charge in [0.25, 0.3) is 0 Å². The van der Waals surface area contributed by atoms with Crippen molar-refractivity contribution in [2.24, 2.45) is 0 Å². The predicted molar refractivity (Wildman–Crippen MR) is 51.1 cm³/mol. The molecule has 0 aromatic heterocycles. The molecule has 10 heavy (non-hydrogen) atoms. The van der Waals surface area contributed by atoms with Crippen LogP contribution in [0.15, 0.2) is 0 Å². The van der Waals surface area contributed by atoms with E-state index >= 15 is 0 Å². The summed E-state index contributed by atoms with van der Waals surface area (Å²) in [4.78, 5) is 2.36. The summed E-state index contributed by atoms with van der Waals surface area (Å²) in [6, 6.07) is 0. The van der Waals surface area contributed by atoms with E-state index in [1.165, 1.54) is 0 Å². The molecule has 3 heteroatoms. The first-order chi connectivity index (χ1) is 4.85. The minimum absolute atomic E-state index is 1.07. The average Bonchev–Trinajstić information content (AvgIpc) is 1.99. The van der Waals surface area contributed by atoms with Crippen molar-refractivity contribution < 1.29 is 0 Å². The van der Waals surface area contributed by atoms with Gasteiger partial charge in [-0.05, 0) is 13.1 Å². The standard InChI is InChI=1S/C7H14NS2/c1-4-8(5-2)6-7-10-9-3/h4-7H2,1-2H3. The Balaban J connectivity index is 3.09. The first kappa shape index (κ1) is 10.7. The van der Waals surface area contributed by atoms with E-state index in [-0.39, 0.29) is 0 Å². The van der Waals surface area contributed by atoms with Gasteiger partial charge >= 0.3 is 0 Å². The Morgan fingerprint density at radius 3 is 2.30 bits per heavy atom. The summed E-state index contributed by atoms with van der Waals surface area (Å²) in [5.41, 5.74) is 0. The van der Waals surface area contributed by atoms with Gasteiger partial charge in [-0.2, -0.15) is 0 Å². The van der Waals surface area contributed by atoms with Crippen molar-refractivity contribution in [3.05, 3.63) is 6.26 Å². The zero-order chi connectivity index (χ0) is 7.82. The number of nitrogens with zero attached hydrogens (tertiary/aromatic N) is 1. The van der Waals surface area contributed by atoms with Crippen molar-refractivity contribution in [1.29, 1.82) is 0 Å². The monoisotopic (exact) mass is 176 g/mol. The van der Waals surface area contributed by atoms with Gasteiger partial charge in [0.05, 0.1) is 6.26 Å². The zero-order valence-corrected chi connectivity index (χ0v) is 8.23. The number of hydrogen-bond acceptors (Lipinski definition) is 3. The molecule has 0 unspecified atom stereocenters. The van der Waals surface area contributed by atoms with Crippen LogP contribution in [0, 0.1) is 6.26 Å². The highest BCUT2D eigenvalue weighted by atomic mass is 33.1. The average molecular weight is 176 g/mol. The lowest BCUT2D eigenvalue weighted by atomic mass is 10.5. The summed E-state index contributed by atoms with van der Waals surface area (Å²) >= 11 is 0. The Hall–Kier alpha value is 0.660. The Morgan fingerprint density at radius 2 is 1.90 bits per heavy atom. The quantitative estimate of drug-likeness (QED) is 0.451. The smallest absolute Gasteiger partial charge is 0.0817 e. The molecule has 1 nitrogen and oxygen atoms in total. The van der Waals surface area contributed by atoms with Gasteiger partial charge in [0, 0.05) is 12.3 Å². The minimum Gasteiger partial charge on any atom is -0.303 e. The third-order valence-electron chi connectivity index (χ3n) is 1.44. The predicted octanol–water partition coefficient (Wildman–Crippen LogP) is 2.26. The number of hydrogen-bond donors (Lipinski definition) is 0. The lowest BCUT2D eigenvalue weighted by Gasteiger charge is -2.16. The molecule has 0 atom stereocenters. The van der Waals surface area contributed by atoms with Crippen molar-refractivity contribution >= 4 is 21.6 Å². The Kier molecular flexibility index (Phi) is 8.28. The molecule has 0 aromatic carbocycles. The van der Waals surface area contributed by atoms with E-state index in [1.807, 2.05) is 0 Å². The van der Waals surface area contributed by atoms with Crippen LogP contribution < -0.4 is 0 Å². The van der Waals surface area contributed by atoms with E-state index in [1.54, 1.807) is 10.8 Å². The van der Waals surface area contributed by atoms with E-state index < -0.39 is 0 Å². The van der Waals surface area contributed by atoms with Crippen molar-refractivity contribution in [3.8, 4) is 0 Å². The van der Waals surface area contributed by atoms with Crippen molar-refractivity contribution in [2.75, 3.05) is 25.4 Å². The second-order valence-corrected chi connectivity index (χ2v) is 3.95. The molecule has 59 valence electrons. The van der Waals surface area contributed by atoms with Crippen molar-refractivity contribution in [2.45, 2.75) is 13.8 Å². The van der Waals surface area contributed by atoms with Crippen LogP contribution in [0.1, 0.15) is 13.8 Å². The van der Waals surface area contributed by atoms with Gasteiger partial charge in [0.1, 0.15) is 0 Å². The molecule has 0 rings (SSSR count). The molecule has 0 aliphatic rings. The summed E-state index contributed by atoms with van der Waals surface area (Å²) in [5.74, 6) is 1.07. The molecule has 3 radical (unpaired) electrons. The molecule has 0 spiro atoms. The highest BCUT2D eigenvalue weighted by Gasteiger charge is 1.96. The normalized spacial score (nSPS) is 10.8. The first-order valence-corrected chi connectivity index (χ1v) is 5.84. The maximum atomic E-state index is 6.82. The molecule has 0 saturated carbocycles. The van der Waals surface area contributed by atoms with Gasteiger partial charge < -0.3 is 4.90 Å². The lowest BCUT2D eigenvalue weighted by Crippen LogP contribution is -2.25. The van der Waals surface area contributed by atoms with Crippen LogP contribution in [0.25, 0.3) is 0 Å². The molecule has 0 aliphatic carbocycles. The second-order valence-electron chi connectivity index (χ2n) is 1.93. The fourth-order valence-corrected chi connectivity index (χ4v) is 1.64. The summed E-state index contributed by atoms with van der Waals surface area (Å²) in [6.45, 7) is 7.70. The van der Waals surface area contributed by atoms with Gasteiger partial charge in [-0.1, -0.05) is 35.4 Å². The number of rotatable bonds is 6. The molecule has 0 N–H and O–H groups in total.